The van der Waals surface area contributed by atoms with E-state index in [2.05, 4.69) is 34.4 Å². The molecule has 1 heterocycles. The van der Waals surface area contributed by atoms with Crippen LogP contribution >= 0.6 is 0 Å². The number of hydrogen-bond acceptors (Lipinski definition) is 3. The number of aliphatic imine (C=N–C) groups is 1. The molecular formula is C19H29F3N4O. The van der Waals surface area contributed by atoms with Crippen LogP contribution in [0, 0.1) is 0 Å². The molecule has 5 nitrogen and oxygen atoms in total. The van der Waals surface area contributed by atoms with Gasteiger partial charge in [0.2, 0.25) is 0 Å². The number of ether oxygens (including phenoxy) is 1. The van der Waals surface area contributed by atoms with Gasteiger partial charge in [0.25, 0.3) is 0 Å². The highest BCUT2D eigenvalue weighted by Crippen LogP contribution is 2.29. The molecule has 2 atom stereocenters. The zero-order chi connectivity index (χ0) is 19.9. The Bertz CT molecular complexity index is 611. The summed E-state index contributed by atoms with van der Waals surface area (Å²) in [4.78, 5) is 6.51. The first-order chi connectivity index (χ1) is 12.8. The van der Waals surface area contributed by atoms with Gasteiger partial charge in [0.15, 0.2) is 5.96 Å². The van der Waals surface area contributed by atoms with Crippen molar-refractivity contribution in [2.75, 3.05) is 33.2 Å². The van der Waals surface area contributed by atoms with Crippen LogP contribution in [0.25, 0.3) is 0 Å². The standard InChI is InChI=1S/C19H29F3N4O/c1-14-12-26(13-15(2)27-14)9-5-8-24-18(23-3)25-11-16-6-4-7-17(10-16)19(20,21)22/h4,6-7,10,14-15H,5,8-9,11-13H2,1-3H3,(H2,23,24,25). The number of hydrogen-bond donors (Lipinski definition) is 2. The molecule has 0 aliphatic carbocycles. The fourth-order valence-corrected chi connectivity index (χ4v) is 3.24. The predicted octanol–water partition coefficient (Wildman–Crippen LogP) is 2.87. The SMILES string of the molecule is CN=C(NCCCN1CC(C)OC(C)C1)NCc1cccc(C(F)(F)F)c1. The second kappa shape index (κ2) is 9.94. The van der Waals surface area contributed by atoms with E-state index in [0.717, 1.165) is 44.7 Å². The maximum atomic E-state index is 12.8. The molecule has 0 amide bonds. The second-order valence-electron chi connectivity index (χ2n) is 6.92. The van der Waals surface area contributed by atoms with Crippen LogP contribution in [0.1, 0.15) is 31.4 Å². The van der Waals surface area contributed by atoms with Crippen molar-refractivity contribution in [1.82, 2.24) is 15.5 Å². The van der Waals surface area contributed by atoms with Crippen LogP contribution in [0.5, 0.6) is 0 Å². The van der Waals surface area contributed by atoms with Crippen molar-refractivity contribution in [3.63, 3.8) is 0 Å². The van der Waals surface area contributed by atoms with Crippen molar-refractivity contribution in [2.45, 2.75) is 45.2 Å². The molecule has 8 heteroatoms. The van der Waals surface area contributed by atoms with Crippen LogP contribution < -0.4 is 10.6 Å². The van der Waals surface area contributed by atoms with Gasteiger partial charge in [-0.25, -0.2) is 0 Å². The van der Waals surface area contributed by atoms with Gasteiger partial charge in [-0.2, -0.15) is 13.2 Å². The summed E-state index contributed by atoms with van der Waals surface area (Å²) in [6.45, 7) is 8.03. The van der Waals surface area contributed by atoms with Gasteiger partial charge in [-0.3, -0.25) is 9.89 Å². The largest absolute Gasteiger partial charge is 0.416 e. The van der Waals surface area contributed by atoms with E-state index in [1.165, 1.54) is 6.07 Å². The van der Waals surface area contributed by atoms with Gasteiger partial charge in [-0.05, 0) is 38.0 Å². The van der Waals surface area contributed by atoms with E-state index in [-0.39, 0.29) is 18.8 Å². The maximum absolute atomic E-state index is 12.8. The van der Waals surface area contributed by atoms with Crippen LogP contribution in [0.2, 0.25) is 0 Å². The van der Waals surface area contributed by atoms with Gasteiger partial charge >= 0.3 is 6.18 Å². The molecular weight excluding hydrogens is 357 g/mol. The lowest BCUT2D eigenvalue weighted by molar-refractivity contribution is -0.137. The van der Waals surface area contributed by atoms with Gasteiger partial charge < -0.3 is 15.4 Å². The Balaban J connectivity index is 1.72. The van der Waals surface area contributed by atoms with E-state index in [4.69, 9.17) is 4.74 Å². The van der Waals surface area contributed by atoms with Crippen molar-refractivity contribution in [3.8, 4) is 0 Å². The molecule has 1 aromatic rings. The van der Waals surface area contributed by atoms with Crippen LogP contribution in [0.3, 0.4) is 0 Å². The number of guanidine groups is 1. The Morgan fingerprint density at radius 1 is 1.22 bits per heavy atom. The third-order valence-electron chi connectivity index (χ3n) is 4.38. The van der Waals surface area contributed by atoms with E-state index < -0.39 is 11.7 Å². The van der Waals surface area contributed by atoms with Gasteiger partial charge in [0.1, 0.15) is 0 Å². The topological polar surface area (TPSA) is 48.9 Å². The van der Waals surface area contributed by atoms with Crippen molar-refractivity contribution in [1.29, 1.82) is 0 Å². The van der Waals surface area contributed by atoms with Crippen molar-refractivity contribution in [3.05, 3.63) is 35.4 Å². The Hall–Kier alpha value is -1.80. The molecule has 0 aromatic heterocycles. The number of nitrogens with zero attached hydrogens (tertiary/aromatic N) is 2. The molecule has 27 heavy (non-hydrogen) atoms. The first-order valence-electron chi connectivity index (χ1n) is 9.26. The van der Waals surface area contributed by atoms with Gasteiger partial charge in [0, 0.05) is 39.8 Å². The molecule has 1 aliphatic heterocycles. The monoisotopic (exact) mass is 386 g/mol. The first kappa shape index (κ1) is 21.5. The minimum Gasteiger partial charge on any atom is -0.373 e. The summed E-state index contributed by atoms with van der Waals surface area (Å²) < 4.78 is 44.0. The first-order valence-corrected chi connectivity index (χ1v) is 9.26. The summed E-state index contributed by atoms with van der Waals surface area (Å²) in [5.41, 5.74) is -0.0808. The number of benzene rings is 1. The van der Waals surface area contributed by atoms with Crippen LogP contribution in [0.15, 0.2) is 29.3 Å². The summed E-state index contributed by atoms with van der Waals surface area (Å²) in [5.74, 6) is 0.580. The molecule has 1 fully saturated rings. The number of rotatable bonds is 6. The molecule has 0 spiro atoms. The molecule has 0 bridgehead atoms. The second-order valence-corrected chi connectivity index (χ2v) is 6.92. The Morgan fingerprint density at radius 2 is 1.93 bits per heavy atom. The van der Waals surface area contributed by atoms with Gasteiger partial charge in [0.05, 0.1) is 17.8 Å². The number of halogens is 3. The van der Waals surface area contributed by atoms with Crippen LogP contribution in [0.4, 0.5) is 13.2 Å². The fraction of sp³-hybridized carbons (Fsp3) is 0.632. The number of alkyl halides is 3. The zero-order valence-corrected chi connectivity index (χ0v) is 16.1. The van der Waals surface area contributed by atoms with Crippen molar-refractivity contribution in [2.24, 2.45) is 4.99 Å². The molecule has 152 valence electrons. The summed E-state index contributed by atoms with van der Waals surface area (Å²) in [6, 6.07) is 5.31. The van der Waals surface area contributed by atoms with E-state index in [1.807, 2.05) is 0 Å². The summed E-state index contributed by atoms with van der Waals surface area (Å²) in [6.07, 6.45) is -2.87. The molecule has 1 saturated heterocycles. The molecule has 2 rings (SSSR count). The molecule has 0 saturated carbocycles. The van der Waals surface area contributed by atoms with E-state index in [0.29, 0.717) is 11.5 Å². The van der Waals surface area contributed by atoms with Crippen LogP contribution in [-0.2, 0) is 17.5 Å². The summed E-state index contributed by atoms with van der Waals surface area (Å²) in [5, 5.41) is 6.26. The lowest BCUT2D eigenvalue weighted by atomic mass is 10.1. The lowest BCUT2D eigenvalue weighted by Crippen LogP contribution is -2.46. The number of nitrogens with one attached hydrogen (secondary N) is 2. The zero-order valence-electron chi connectivity index (χ0n) is 16.1. The Morgan fingerprint density at radius 3 is 2.56 bits per heavy atom. The minimum atomic E-state index is -4.33. The average molecular weight is 386 g/mol. The molecule has 2 unspecified atom stereocenters. The molecule has 1 aromatic carbocycles. The quantitative estimate of drug-likeness (QED) is 0.448. The van der Waals surface area contributed by atoms with Gasteiger partial charge in [-0.15, -0.1) is 0 Å². The Labute approximate surface area is 159 Å². The van der Waals surface area contributed by atoms with Crippen LogP contribution in [-0.4, -0.2) is 56.3 Å². The van der Waals surface area contributed by atoms with Crippen molar-refractivity contribution < 1.29 is 17.9 Å². The molecule has 0 radical (unpaired) electrons. The van der Waals surface area contributed by atoms with E-state index >= 15 is 0 Å². The summed E-state index contributed by atoms with van der Waals surface area (Å²) >= 11 is 0. The highest BCUT2D eigenvalue weighted by molar-refractivity contribution is 5.79. The Kier molecular flexibility index (Phi) is 7.91. The minimum absolute atomic E-state index is 0.253. The van der Waals surface area contributed by atoms with Crippen molar-refractivity contribution >= 4 is 5.96 Å². The molecule has 2 N–H and O–H groups in total. The normalized spacial score (nSPS) is 21.9. The smallest absolute Gasteiger partial charge is 0.373 e. The molecule has 1 aliphatic rings. The maximum Gasteiger partial charge on any atom is 0.416 e. The highest BCUT2D eigenvalue weighted by Gasteiger charge is 2.30. The third-order valence-corrected chi connectivity index (χ3v) is 4.38. The third kappa shape index (κ3) is 7.38. The van der Waals surface area contributed by atoms with Gasteiger partial charge in [-0.1, -0.05) is 12.1 Å². The average Bonchev–Trinajstić information content (AvgIpc) is 2.60. The predicted molar refractivity (Wildman–Crippen MR) is 101 cm³/mol. The van der Waals surface area contributed by atoms with E-state index in [1.54, 1.807) is 13.1 Å². The van der Waals surface area contributed by atoms with E-state index in [9.17, 15) is 13.2 Å². The highest BCUT2D eigenvalue weighted by atomic mass is 19.4. The lowest BCUT2D eigenvalue weighted by Gasteiger charge is -2.35. The summed E-state index contributed by atoms with van der Waals surface area (Å²) in [7, 11) is 1.65. The number of morpholine rings is 1. The fourth-order valence-electron chi connectivity index (χ4n) is 3.24.